The van der Waals surface area contributed by atoms with Crippen LogP contribution in [0.5, 0.6) is 5.75 Å². The van der Waals surface area contributed by atoms with Crippen molar-refractivity contribution in [1.29, 1.82) is 0 Å². The molecule has 0 aromatic heterocycles. The highest BCUT2D eigenvalue weighted by Crippen LogP contribution is 2.27. The van der Waals surface area contributed by atoms with E-state index < -0.39 is 0 Å². The highest BCUT2D eigenvalue weighted by Gasteiger charge is 2.22. The Hall–Kier alpha value is -1.55. The molecule has 18 heavy (non-hydrogen) atoms. The zero-order valence-corrected chi connectivity index (χ0v) is 11.2. The summed E-state index contributed by atoms with van der Waals surface area (Å²) >= 11 is 0. The molecule has 0 radical (unpaired) electrons. The van der Waals surface area contributed by atoms with Crippen molar-refractivity contribution in [2.45, 2.75) is 20.3 Å². The van der Waals surface area contributed by atoms with Gasteiger partial charge in [-0.15, -0.1) is 0 Å². The van der Waals surface area contributed by atoms with Crippen molar-refractivity contribution in [3.8, 4) is 5.75 Å². The molecule has 4 heteroatoms. The number of ether oxygens (including phenoxy) is 1. The molecule has 1 aromatic carbocycles. The van der Waals surface area contributed by atoms with Crippen molar-refractivity contribution in [2.75, 3.05) is 25.5 Å². The van der Waals surface area contributed by atoms with Gasteiger partial charge in [-0.05, 0) is 50.1 Å². The molecule has 1 amide bonds. The van der Waals surface area contributed by atoms with Gasteiger partial charge in [0, 0.05) is 12.2 Å². The summed E-state index contributed by atoms with van der Waals surface area (Å²) in [7, 11) is 1.66. The van der Waals surface area contributed by atoms with Crippen LogP contribution in [0.4, 0.5) is 5.69 Å². The molecule has 1 aliphatic heterocycles. The number of aryl methyl sites for hydroxylation is 2. The van der Waals surface area contributed by atoms with Gasteiger partial charge < -0.3 is 15.4 Å². The van der Waals surface area contributed by atoms with Crippen LogP contribution in [-0.4, -0.2) is 26.1 Å². The molecule has 1 aromatic rings. The van der Waals surface area contributed by atoms with Crippen LogP contribution in [-0.2, 0) is 4.79 Å². The van der Waals surface area contributed by atoms with Crippen LogP contribution < -0.4 is 15.4 Å². The summed E-state index contributed by atoms with van der Waals surface area (Å²) in [5.41, 5.74) is 2.93. The molecule has 1 atom stereocenters. The van der Waals surface area contributed by atoms with Crippen LogP contribution in [0, 0.1) is 19.8 Å². The summed E-state index contributed by atoms with van der Waals surface area (Å²) < 4.78 is 5.31. The first-order chi connectivity index (χ1) is 8.61. The number of carbonyl (C=O) groups is 1. The van der Waals surface area contributed by atoms with E-state index in [0.29, 0.717) is 0 Å². The number of amides is 1. The minimum Gasteiger partial charge on any atom is -0.496 e. The molecular formula is C14H20N2O2. The normalized spacial score (nSPS) is 18.7. The Kier molecular flexibility index (Phi) is 3.87. The Bertz CT molecular complexity index is 428. The van der Waals surface area contributed by atoms with Gasteiger partial charge >= 0.3 is 0 Å². The maximum absolute atomic E-state index is 12.0. The van der Waals surface area contributed by atoms with Crippen LogP contribution in [0.3, 0.4) is 0 Å². The molecule has 1 unspecified atom stereocenters. The Morgan fingerprint density at radius 2 is 2.06 bits per heavy atom. The van der Waals surface area contributed by atoms with Gasteiger partial charge in [0.15, 0.2) is 0 Å². The van der Waals surface area contributed by atoms with E-state index in [-0.39, 0.29) is 11.8 Å². The first-order valence-electron chi connectivity index (χ1n) is 6.28. The average Bonchev–Trinajstić information content (AvgIpc) is 2.81. The number of carbonyl (C=O) groups excluding carboxylic acids is 1. The van der Waals surface area contributed by atoms with Gasteiger partial charge in [0.2, 0.25) is 5.91 Å². The summed E-state index contributed by atoms with van der Waals surface area (Å²) in [4.78, 5) is 12.0. The van der Waals surface area contributed by atoms with E-state index in [4.69, 9.17) is 4.74 Å². The third-order valence-corrected chi connectivity index (χ3v) is 3.36. The molecule has 1 aliphatic rings. The SMILES string of the molecule is COc1c(C)cc(NC(=O)C2CCNC2)cc1C. The molecule has 4 nitrogen and oxygen atoms in total. The minimum atomic E-state index is 0.0905. The molecule has 98 valence electrons. The van der Waals surface area contributed by atoms with Gasteiger partial charge in [-0.1, -0.05) is 0 Å². The van der Waals surface area contributed by atoms with E-state index in [1.165, 1.54) is 0 Å². The predicted octanol–water partition coefficient (Wildman–Crippen LogP) is 1.86. The number of anilines is 1. The molecule has 2 rings (SSSR count). The van der Waals surface area contributed by atoms with Crippen LogP contribution in [0.25, 0.3) is 0 Å². The van der Waals surface area contributed by atoms with Gasteiger partial charge in [0.05, 0.1) is 13.0 Å². The van der Waals surface area contributed by atoms with E-state index in [0.717, 1.165) is 42.1 Å². The third kappa shape index (κ3) is 2.64. The lowest BCUT2D eigenvalue weighted by Gasteiger charge is -2.14. The Morgan fingerprint density at radius 3 is 2.56 bits per heavy atom. The first kappa shape index (κ1) is 12.9. The second kappa shape index (κ2) is 5.40. The van der Waals surface area contributed by atoms with Crippen molar-refractivity contribution in [1.82, 2.24) is 5.32 Å². The highest BCUT2D eigenvalue weighted by molar-refractivity contribution is 5.93. The summed E-state index contributed by atoms with van der Waals surface area (Å²) in [6.45, 7) is 5.68. The molecule has 1 heterocycles. The van der Waals surface area contributed by atoms with Crippen LogP contribution in [0.15, 0.2) is 12.1 Å². The summed E-state index contributed by atoms with van der Waals surface area (Å²) in [6, 6.07) is 3.90. The quantitative estimate of drug-likeness (QED) is 0.858. The molecule has 1 fully saturated rings. The van der Waals surface area contributed by atoms with Crippen molar-refractivity contribution in [3.05, 3.63) is 23.3 Å². The van der Waals surface area contributed by atoms with Crippen molar-refractivity contribution < 1.29 is 9.53 Å². The zero-order chi connectivity index (χ0) is 13.1. The zero-order valence-electron chi connectivity index (χ0n) is 11.2. The number of methoxy groups -OCH3 is 1. The van der Waals surface area contributed by atoms with Gasteiger partial charge in [-0.25, -0.2) is 0 Å². The number of benzene rings is 1. The minimum absolute atomic E-state index is 0.0905. The lowest BCUT2D eigenvalue weighted by molar-refractivity contribution is -0.119. The summed E-state index contributed by atoms with van der Waals surface area (Å²) in [5.74, 6) is 1.08. The largest absolute Gasteiger partial charge is 0.496 e. The standard InChI is InChI=1S/C14H20N2O2/c1-9-6-12(7-10(2)13(9)18-3)16-14(17)11-4-5-15-8-11/h6-7,11,15H,4-5,8H2,1-3H3,(H,16,17). The van der Waals surface area contributed by atoms with Gasteiger partial charge in [-0.2, -0.15) is 0 Å². The average molecular weight is 248 g/mol. The topological polar surface area (TPSA) is 50.4 Å². The van der Waals surface area contributed by atoms with Gasteiger partial charge in [-0.3, -0.25) is 4.79 Å². The number of rotatable bonds is 3. The lowest BCUT2D eigenvalue weighted by Crippen LogP contribution is -2.24. The van der Waals surface area contributed by atoms with E-state index >= 15 is 0 Å². The van der Waals surface area contributed by atoms with Crippen molar-refractivity contribution >= 4 is 11.6 Å². The second-order valence-corrected chi connectivity index (χ2v) is 4.82. The molecule has 0 bridgehead atoms. The fourth-order valence-electron chi connectivity index (χ4n) is 2.47. The van der Waals surface area contributed by atoms with E-state index in [9.17, 15) is 4.79 Å². The smallest absolute Gasteiger partial charge is 0.228 e. The summed E-state index contributed by atoms with van der Waals surface area (Å²) in [6.07, 6.45) is 0.917. The molecule has 0 spiro atoms. The number of hydrogen-bond acceptors (Lipinski definition) is 3. The molecule has 0 aliphatic carbocycles. The molecule has 0 saturated carbocycles. The van der Waals surface area contributed by atoms with Crippen molar-refractivity contribution in [3.63, 3.8) is 0 Å². The first-order valence-corrected chi connectivity index (χ1v) is 6.28. The number of nitrogens with one attached hydrogen (secondary N) is 2. The van der Waals surface area contributed by atoms with E-state index in [1.807, 2.05) is 26.0 Å². The highest BCUT2D eigenvalue weighted by atomic mass is 16.5. The molecular weight excluding hydrogens is 228 g/mol. The Balaban J connectivity index is 2.12. The fraction of sp³-hybridized carbons (Fsp3) is 0.500. The second-order valence-electron chi connectivity index (χ2n) is 4.82. The number of hydrogen-bond donors (Lipinski definition) is 2. The summed E-state index contributed by atoms with van der Waals surface area (Å²) in [5, 5.41) is 6.18. The predicted molar refractivity (Wildman–Crippen MR) is 72.1 cm³/mol. The van der Waals surface area contributed by atoms with Crippen LogP contribution in [0.2, 0.25) is 0 Å². The van der Waals surface area contributed by atoms with Crippen LogP contribution in [0.1, 0.15) is 17.5 Å². The Labute approximate surface area is 108 Å². The maximum Gasteiger partial charge on any atom is 0.228 e. The van der Waals surface area contributed by atoms with Crippen molar-refractivity contribution in [2.24, 2.45) is 5.92 Å². The van der Waals surface area contributed by atoms with Gasteiger partial charge in [0.25, 0.3) is 0 Å². The Morgan fingerprint density at radius 1 is 1.39 bits per heavy atom. The van der Waals surface area contributed by atoms with E-state index in [1.54, 1.807) is 7.11 Å². The fourth-order valence-corrected chi connectivity index (χ4v) is 2.47. The molecule has 2 N–H and O–H groups in total. The lowest BCUT2D eigenvalue weighted by atomic mass is 10.1. The monoisotopic (exact) mass is 248 g/mol. The van der Waals surface area contributed by atoms with Gasteiger partial charge in [0.1, 0.15) is 5.75 Å². The van der Waals surface area contributed by atoms with Crippen LogP contribution >= 0.6 is 0 Å². The van der Waals surface area contributed by atoms with E-state index in [2.05, 4.69) is 10.6 Å². The third-order valence-electron chi connectivity index (χ3n) is 3.36. The molecule has 1 saturated heterocycles. The maximum atomic E-state index is 12.0.